The Balaban J connectivity index is 1.05. The van der Waals surface area contributed by atoms with Gasteiger partial charge in [0.25, 0.3) is 5.69 Å². The maximum absolute atomic E-state index is 13.4. The van der Waals surface area contributed by atoms with Crippen LogP contribution >= 0.6 is 0 Å². The van der Waals surface area contributed by atoms with Gasteiger partial charge in [0.05, 0.1) is 28.4 Å². The van der Waals surface area contributed by atoms with Gasteiger partial charge in [0.2, 0.25) is 17.7 Å². The second kappa shape index (κ2) is 8.33. The number of nitrogens with zero attached hydrogens (tertiary/aromatic N) is 3. The van der Waals surface area contributed by atoms with Crippen LogP contribution in [-0.4, -0.2) is 35.2 Å². The Kier molecular flexibility index (Phi) is 5.07. The van der Waals surface area contributed by atoms with Gasteiger partial charge in [0.15, 0.2) is 0 Å². The Bertz CT molecular complexity index is 1460. The lowest BCUT2D eigenvalue weighted by atomic mass is 9.63. The number of hydrogen-bond acceptors (Lipinski definition) is 7. The summed E-state index contributed by atoms with van der Waals surface area (Å²) >= 11 is 0. The molecule has 39 heavy (non-hydrogen) atoms. The molecule has 2 aliphatic heterocycles. The molecule has 10 heteroatoms. The molecule has 4 aliphatic carbocycles. The van der Waals surface area contributed by atoms with Gasteiger partial charge in [-0.1, -0.05) is 12.2 Å². The van der Waals surface area contributed by atoms with Crippen molar-refractivity contribution in [3.63, 3.8) is 0 Å². The quantitative estimate of drug-likeness (QED) is 0.146. The summed E-state index contributed by atoms with van der Waals surface area (Å²) in [5.74, 6) is -0.783. The number of nitro groups is 1. The van der Waals surface area contributed by atoms with Gasteiger partial charge in [-0.2, -0.15) is 0 Å². The highest BCUT2D eigenvalue weighted by Crippen LogP contribution is 2.65. The molecule has 2 aromatic carbocycles. The van der Waals surface area contributed by atoms with Crippen LogP contribution in [-0.2, 0) is 19.2 Å². The van der Waals surface area contributed by atoms with Crippen LogP contribution in [0.3, 0.4) is 0 Å². The summed E-state index contributed by atoms with van der Waals surface area (Å²) in [7, 11) is 0. The molecule has 7 atom stereocenters. The zero-order valence-corrected chi connectivity index (χ0v) is 21.1. The summed E-state index contributed by atoms with van der Waals surface area (Å²) < 4.78 is 5.59. The fourth-order valence-corrected chi connectivity index (χ4v) is 7.21. The summed E-state index contributed by atoms with van der Waals surface area (Å²) in [6.45, 7) is 1.87. The molecule has 2 heterocycles. The van der Waals surface area contributed by atoms with Gasteiger partial charge in [-0.25, -0.2) is 4.90 Å². The first-order valence-electron chi connectivity index (χ1n) is 13.2. The van der Waals surface area contributed by atoms with E-state index in [2.05, 4.69) is 12.2 Å². The first kappa shape index (κ1) is 23.8. The third kappa shape index (κ3) is 3.54. The second-order valence-corrected chi connectivity index (χ2v) is 11.2. The van der Waals surface area contributed by atoms with Crippen molar-refractivity contribution < 1.29 is 28.8 Å². The fourth-order valence-electron chi connectivity index (χ4n) is 7.21. The summed E-state index contributed by atoms with van der Waals surface area (Å²) in [6, 6.07) is 10.4. The van der Waals surface area contributed by atoms with Gasteiger partial charge in [0, 0.05) is 30.8 Å². The Morgan fingerprint density at radius 1 is 0.974 bits per heavy atom. The molecule has 2 saturated carbocycles. The average molecular weight is 528 g/mol. The molecule has 0 N–H and O–H groups in total. The molecule has 0 unspecified atom stereocenters. The van der Waals surface area contributed by atoms with E-state index in [-0.39, 0.29) is 65.8 Å². The topological polar surface area (TPSA) is 127 Å². The van der Waals surface area contributed by atoms with E-state index in [0.29, 0.717) is 28.8 Å². The number of benzene rings is 2. The number of anilines is 2. The number of imide groups is 1. The molecule has 0 aromatic heterocycles. The van der Waals surface area contributed by atoms with Crippen LogP contribution in [0.1, 0.15) is 18.4 Å². The molecular formula is C29H25N3O7. The zero-order valence-electron chi connectivity index (χ0n) is 21.1. The average Bonchev–Trinajstić information content (AvgIpc) is 3.60. The third-order valence-corrected chi connectivity index (χ3v) is 9.12. The van der Waals surface area contributed by atoms with Gasteiger partial charge >= 0.3 is 5.97 Å². The number of ether oxygens (including phenoxy) is 1. The number of carbonyl (C=O) groups excluding carboxylic acids is 4. The van der Waals surface area contributed by atoms with Gasteiger partial charge in [-0.15, -0.1) is 0 Å². The van der Waals surface area contributed by atoms with Crippen molar-refractivity contribution in [2.75, 3.05) is 16.3 Å². The van der Waals surface area contributed by atoms with Crippen LogP contribution in [0.15, 0.2) is 54.6 Å². The van der Waals surface area contributed by atoms with E-state index in [1.807, 2.05) is 0 Å². The summed E-state index contributed by atoms with van der Waals surface area (Å²) in [4.78, 5) is 65.5. The van der Waals surface area contributed by atoms with Gasteiger partial charge in [0.1, 0.15) is 5.75 Å². The number of aryl methyl sites for hydroxylation is 1. The maximum atomic E-state index is 13.4. The predicted molar refractivity (Wildman–Crippen MR) is 138 cm³/mol. The van der Waals surface area contributed by atoms with Crippen LogP contribution in [0.4, 0.5) is 17.1 Å². The first-order valence-corrected chi connectivity index (χ1v) is 13.2. The molecular weight excluding hydrogens is 502 g/mol. The normalized spacial score (nSPS) is 31.9. The second-order valence-electron chi connectivity index (χ2n) is 11.2. The molecule has 198 valence electrons. The number of allylic oxidation sites excluding steroid dienone is 2. The molecule has 8 rings (SSSR count). The van der Waals surface area contributed by atoms with Crippen molar-refractivity contribution in [1.29, 1.82) is 0 Å². The van der Waals surface area contributed by atoms with Crippen molar-refractivity contribution in [3.05, 3.63) is 70.3 Å². The summed E-state index contributed by atoms with van der Waals surface area (Å²) in [5.41, 5.74) is 1.54. The third-order valence-electron chi connectivity index (χ3n) is 9.12. The molecule has 2 aromatic rings. The minimum atomic E-state index is -0.702. The Labute approximate surface area is 223 Å². The number of esters is 1. The standard InChI is InChI=1S/C29H25N3O7/c1-14-10-18(39-29(36)15-11-24(33)30(13-15)16-2-4-17(5-3-16)32(37)38)6-9-23(14)31-27(34)25-19-7-8-20(22-12-21(19)22)26(25)28(31)35/h2-10,15,19-22,25-26H,11-13H2,1H3/t15-,19+,20+,21+,22+,25-,26+/m1/s1. The van der Waals surface area contributed by atoms with Gasteiger partial charge < -0.3 is 9.64 Å². The van der Waals surface area contributed by atoms with Crippen LogP contribution < -0.4 is 14.5 Å². The number of non-ortho nitro benzene ring substituents is 1. The highest BCUT2D eigenvalue weighted by Gasteiger charge is 2.67. The Morgan fingerprint density at radius 2 is 1.62 bits per heavy atom. The van der Waals surface area contributed by atoms with E-state index in [1.165, 1.54) is 34.1 Å². The fraction of sp³-hybridized carbons (Fsp3) is 0.379. The monoisotopic (exact) mass is 527 g/mol. The predicted octanol–water partition coefficient (Wildman–Crippen LogP) is 3.42. The highest BCUT2D eigenvalue weighted by atomic mass is 16.6. The lowest BCUT2D eigenvalue weighted by Gasteiger charge is -2.37. The van der Waals surface area contributed by atoms with Crippen molar-refractivity contribution in [2.24, 2.45) is 41.4 Å². The van der Waals surface area contributed by atoms with Crippen LogP contribution in [0, 0.1) is 58.5 Å². The Morgan fingerprint density at radius 3 is 2.21 bits per heavy atom. The van der Waals surface area contributed by atoms with Crippen molar-refractivity contribution in [1.82, 2.24) is 0 Å². The molecule has 0 spiro atoms. The Hall–Kier alpha value is -4.34. The van der Waals surface area contributed by atoms with Crippen LogP contribution in [0.2, 0.25) is 0 Å². The molecule has 0 radical (unpaired) electrons. The van der Waals surface area contributed by atoms with Crippen molar-refractivity contribution in [3.8, 4) is 5.75 Å². The van der Waals surface area contributed by atoms with Gasteiger partial charge in [-0.3, -0.25) is 29.3 Å². The van der Waals surface area contributed by atoms with E-state index in [0.717, 1.165) is 6.42 Å². The van der Waals surface area contributed by atoms with Crippen molar-refractivity contribution in [2.45, 2.75) is 19.8 Å². The number of rotatable bonds is 5. The SMILES string of the molecule is Cc1cc(OC(=O)[C@@H]2CC(=O)N(c3ccc([N+](=O)[O-])cc3)C2)ccc1N1C(=O)[C@@H]2[C@H]3C=C[C@@H]([C@@H]4C[C@@H]34)[C@@H]2C1=O. The van der Waals surface area contributed by atoms with Crippen molar-refractivity contribution >= 4 is 40.8 Å². The lowest BCUT2D eigenvalue weighted by molar-refractivity contribution is -0.384. The van der Waals surface area contributed by atoms with Gasteiger partial charge in [-0.05, 0) is 72.9 Å². The number of amides is 3. The number of hydrogen-bond donors (Lipinski definition) is 0. The minimum absolute atomic E-state index is 0.0369. The molecule has 3 amide bonds. The molecule has 10 nitrogen and oxygen atoms in total. The number of carbonyl (C=O) groups is 4. The number of nitro benzene ring substituents is 1. The molecule has 2 saturated heterocycles. The zero-order chi connectivity index (χ0) is 27.2. The van der Waals surface area contributed by atoms with E-state index >= 15 is 0 Å². The highest BCUT2D eigenvalue weighted by molar-refractivity contribution is 6.23. The van der Waals surface area contributed by atoms with E-state index in [9.17, 15) is 29.3 Å². The maximum Gasteiger partial charge on any atom is 0.316 e. The summed E-state index contributed by atoms with van der Waals surface area (Å²) in [6.07, 6.45) is 5.35. The lowest BCUT2D eigenvalue weighted by Crippen LogP contribution is -2.40. The smallest absolute Gasteiger partial charge is 0.316 e. The molecule has 6 aliphatic rings. The minimum Gasteiger partial charge on any atom is -0.426 e. The molecule has 2 bridgehead atoms. The van der Waals surface area contributed by atoms with Crippen LogP contribution in [0.25, 0.3) is 0 Å². The summed E-state index contributed by atoms with van der Waals surface area (Å²) in [5, 5.41) is 10.9. The first-order chi connectivity index (χ1) is 18.7. The van der Waals surface area contributed by atoms with Crippen LogP contribution in [0.5, 0.6) is 5.75 Å². The molecule has 4 fully saturated rings. The van der Waals surface area contributed by atoms with E-state index in [1.54, 1.807) is 25.1 Å². The van der Waals surface area contributed by atoms with E-state index < -0.39 is 16.8 Å². The van der Waals surface area contributed by atoms with E-state index in [4.69, 9.17) is 4.74 Å². The largest absolute Gasteiger partial charge is 0.426 e.